The highest BCUT2D eigenvalue weighted by atomic mass is 35.5. The summed E-state index contributed by atoms with van der Waals surface area (Å²) in [6.45, 7) is 13.1. The van der Waals surface area contributed by atoms with Crippen LogP contribution in [0.15, 0.2) is 29.2 Å². The third-order valence-electron chi connectivity index (χ3n) is 4.39. The lowest BCUT2D eigenvalue weighted by Gasteiger charge is -2.39. The Morgan fingerprint density at radius 3 is 2.30 bits per heavy atom. The van der Waals surface area contributed by atoms with E-state index in [1.165, 1.54) is 10.5 Å². The number of thioether (sulfide) groups is 1. The average Bonchev–Trinajstić information content (AvgIpc) is 2.38. The van der Waals surface area contributed by atoms with Crippen LogP contribution in [-0.4, -0.2) is 25.4 Å². The normalized spacial score (nSPS) is 13.9. The zero-order valence-electron chi connectivity index (χ0n) is 15.1. The van der Waals surface area contributed by atoms with E-state index in [4.69, 9.17) is 16.0 Å². The number of rotatable bonds is 8. The second-order valence-electron chi connectivity index (χ2n) is 7.51. The van der Waals surface area contributed by atoms with Crippen molar-refractivity contribution < 1.29 is 9.22 Å². The number of carbonyl (C=O) groups excluding carboxylic acids is 1. The fourth-order valence-electron chi connectivity index (χ4n) is 1.92. The Morgan fingerprint density at radius 1 is 1.26 bits per heavy atom. The summed E-state index contributed by atoms with van der Waals surface area (Å²) in [6.07, 6.45) is 1.05. The van der Waals surface area contributed by atoms with Crippen molar-refractivity contribution in [2.45, 2.75) is 69.7 Å². The molecule has 0 radical (unpaired) electrons. The highest BCUT2D eigenvalue weighted by Crippen LogP contribution is 2.38. The Morgan fingerprint density at radius 2 is 1.83 bits per heavy atom. The molecule has 0 aromatic heterocycles. The lowest BCUT2D eigenvalue weighted by molar-refractivity contribution is -0.113. The van der Waals surface area contributed by atoms with Crippen LogP contribution in [0, 0.1) is 6.92 Å². The van der Waals surface area contributed by atoms with E-state index in [1.54, 1.807) is 11.8 Å². The maximum absolute atomic E-state index is 11.4. The van der Waals surface area contributed by atoms with Crippen LogP contribution < -0.4 is 0 Å². The fourth-order valence-corrected chi connectivity index (χ4v) is 4.42. The van der Waals surface area contributed by atoms with E-state index >= 15 is 0 Å². The topological polar surface area (TPSA) is 26.3 Å². The van der Waals surface area contributed by atoms with Gasteiger partial charge < -0.3 is 4.43 Å². The van der Waals surface area contributed by atoms with Gasteiger partial charge in [0.2, 0.25) is 5.24 Å². The largest absolute Gasteiger partial charge is 0.413 e. The van der Waals surface area contributed by atoms with Crippen molar-refractivity contribution >= 4 is 36.9 Å². The lowest BCUT2D eigenvalue weighted by Crippen LogP contribution is -2.44. The summed E-state index contributed by atoms with van der Waals surface area (Å²) in [5.74, 6) is 0.923. The summed E-state index contributed by atoms with van der Waals surface area (Å²) in [4.78, 5) is 12.6. The predicted molar refractivity (Wildman–Crippen MR) is 104 cm³/mol. The molecule has 23 heavy (non-hydrogen) atoms. The van der Waals surface area contributed by atoms with Gasteiger partial charge in [-0.15, -0.1) is 11.8 Å². The summed E-state index contributed by atoms with van der Waals surface area (Å²) in [5, 5.41) is -0.181. The lowest BCUT2D eigenvalue weighted by atomic mass is 10.2. The van der Waals surface area contributed by atoms with Crippen molar-refractivity contribution in [1.82, 2.24) is 0 Å². The average molecular weight is 373 g/mol. The van der Waals surface area contributed by atoms with Gasteiger partial charge in [-0.05, 0) is 55.2 Å². The van der Waals surface area contributed by atoms with Gasteiger partial charge in [0.05, 0.1) is 6.10 Å². The molecule has 0 heterocycles. The second kappa shape index (κ2) is 8.70. The van der Waals surface area contributed by atoms with Crippen molar-refractivity contribution in [3.8, 4) is 0 Å². The predicted octanol–water partition coefficient (Wildman–Crippen LogP) is 6.02. The molecule has 0 amide bonds. The quantitative estimate of drug-likeness (QED) is 0.317. The molecule has 130 valence electrons. The summed E-state index contributed by atoms with van der Waals surface area (Å²) in [5.41, 5.74) is 1.27. The van der Waals surface area contributed by atoms with E-state index in [0.717, 1.165) is 12.2 Å². The molecule has 0 aliphatic heterocycles. The van der Waals surface area contributed by atoms with Crippen molar-refractivity contribution in [1.29, 1.82) is 0 Å². The molecule has 0 saturated carbocycles. The third kappa shape index (κ3) is 7.42. The second-order valence-corrected chi connectivity index (χ2v) is 13.9. The zero-order valence-corrected chi connectivity index (χ0v) is 17.7. The molecule has 1 aromatic carbocycles. The molecule has 1 aromatic rings. The maximum atomic E-state index is 11.4. The highest BCUT2D eigenvalue weighted by Gasteiger charge is 2.39. The number of aryl methyl sites for hydroxylation is 1. The van der Waals surface area contributed by atoms with Crippen LogP contribution in [0.4, 0.5) is 0 Å². The van der Waals surface area contributed by atoms with Crippen LogP contribution in [0.5, 0.6) is 0 Å². The van der Waals surface area contributed by atoms with Gasteiger partial charge in [-0.25, -0.2) is 0 Å². The standard InChI is InChI=1S/C18H29ClO2SSi/c1-14-7-9-16(10-8-14)22-12-11-15(13-17(19)20)21-23(5,6)18(2,3)4/h7-10,15H,11-13H2,1-6H3. The van der Waals surface area contributed by atoms with E-state index in [-0.39, 0.29) is 16.4 Å². The van der Waals surface area contributed by atoms with Crippen molar-refractivity contribution in [3.63, 3.8) is 0 Å². The molecule has 5 heteroatoms. The van der Waals surface area contributed by atoms with Crippen LogP contribution in [0.2, 0.25) is 18.1 Å². The number of hydrogen-bond donors (Lipinski definition) is 0. The van der Waals surface area contributed by atoms with Gasteiger partial charge in [0.1, 0.15) is 0 Å². The van der Waals surface area contributed by atoms with Gasteiger partial charge in [0.15, 0.2) is 8.32 Å². The van der Waals surface area contributed by atoms with Crippen LogP contribution in [0.3, 0.4) is 0 Å². The molecule has 1 rings (SSSR count). The van der Waals surface area contributed by atoms with Gasteiger partial charge in [0.25, 0.3) is 0 Å². The molecule has 0 saturated heterocycles. The minimum absolute atomic E-state index is 0.0844. The summed E-state index contributed by atoms with van der Waals surface area (Å²) in [6, 6.07) is 8.51. The van der Waals surface area contributed by atoms with E-state index in [2.05, 4.69) is 65.1 Å². The maximum Gasteiger partial charge on any atom is 0.224 e. The van der Waals surface area contributed by atoms with Gasteiger partial charge in [-0.1, -0.05) is 38.5 Å². The van der Waals surface area contributed by atoms with E-state index in [9.17, 15) is 4.79 Å². The molecule has 0 spiro atoms. The van der Waals surface area contributed by atoms with E-state index < -0.39 is 8.32 Å². The van der Waals surface area contributed by atoms with E-state index in [0.29, 0.717) is 6.42 Å². The SMILES string of the molecule is Cc1ccc(SCCC(CC(=O)Cl)O[Si](C)(C)C(C)(C)C)cc1. The minimum Gasteiger partial charge on any atom is -0.413 e. The number of halogens is 1. The minimum atomic E-state index is -1.89. The number of carbonyl (C=O) groups is 1. The molecule has 0 aliphatic rings. The molecule has 1 unspecified atom stereocenters. The molecule has 0 aliphatic carbocycles. The molecular formula is C18H29ClO2SSi. The van der Waals surface area contributed by atoms with Crippen LogP contribution in [-0.2, 0) is 9.22 Å². The van der Waals surface area contributed by atoms with Gasteiger partial charge in [-0.2, -0.15) is 0 Å². The first-order valence-electron chi connectivity index (χ1n) is 8.07. The van der Waals surface area contributed by atoms with Crippen molar-refractivity contribution in [2.24, 2.45) is 0 Å². The Kier molecular flexibility index (Phi) is 7.85. The molecule has 0 N–H and O–H groups in total. The summed E-state index contributed by atoms with van der Waals surface area (Å²) >= 11 is 7.42. The monoisotopic (exact) mass is 372 g/mol. The molecule has 0 fully saturated rings. The first-order chi connectivity index (χ1) is 10.5. The highest BCUT2D eigenvalue weighted by molar-refractivity contribution is 7.99. The van der Waals surface area contributed by atoms with Crippen LogP contribution in [0.1, 0.15) is 39.2 Å². The van der Waals surface area contributed by atoms with Gasteiger partial charge >= 0.3 is 0 Å². The first-order valence-corrected chi connectivity index (χ1v) is 12.3. The van der Waals surface area contributed by atoms with E-state index in [1.807, 2.05) is 0 Å². The molecule has 2 nitrogen and oxygen atoms in total. The van der Waals surface area contributed by atoms with Crippen molar-refractivity contribution in [2.75, 3.05) is 5.75 Å². The smallest absolute Gasteiger partial charge is 0.224 e. The van der Waals surface area contributed by atoms with Crippen LogP contribution >= 0.6 is 23.4 Å². The number of hydrogen-bond acceptors (Lipinski definition) is 3. The Labute approximate surface area is 151 Å². The third-order valence-corrected chi connectivity index (χ3v) is 10.1. The van der Waals surface area contributed by atoms with Crippen molar-refractivity contribution in [3.05, 3.63) is 29.8 Å². The summed E-state index contributed by atoms with van der Waals surface area (Å²) in [7, 11) is -1.89. The molecular weight excluding hydrogens is 344 g/mol. The van der Waals surface area contributed by atoms with Crippen LogP contribution in [0.25, 0.3) is 0 Å². The first kappa shape index (κ1) is 20.8. The molecule has 1 atom stereocenters. The molecule has 0 bridgehead atoms. The summed E-state index contributed by atoms with van der Waals surface area (Å²) < 4.78 is 6.39. The van der Waals surface area contributed by atoms with Gasteiger partial charge in [0, 0.05) is 17.1 Å². The Bertz CT molecular complexity index is 509. The number of benzene rings is 1. The Balaban J connectivity index is 2.61. The van der Waals surface area contributed by atoms with Gasteiger partial charge in [-0.3, -0.25) is 4.79 Å². The zero-order chi connectivity index (χ0) is 17.7. The fraction of sp³-hybridized carbons (Fsp3) is 0.611. The Hall–Kier alpha value is -0.293.